The number of aliphatic hydroxyl groups is 1. The summed E-state index contributed by atoms with van der Waals surface area (Å²) in [7, 11) is 3.28. The summed E-state index contributed by atoms with van der Waals surface area (Å²) < 4.78 is 0. The van der Waals surface area contributed by atoms with E-state index in [4.69, 9.17) is 0 Å². The molecular formula is C15H23N3O4. The molecule has 0 saturated heterocycles. The maximum atomic E-state index is 12.3. The van der Waals surface area contributed by atoms with Crippen LogP contribution >= 0.6 is 0 Å². The van der Waals surface area contributed by atoms with E-state index >= 15 is 0 Å². The van der Waals surface area contributed by atoms with E-state index in [-0.39, 0.29) is 6.54 Å². The van der Waals surface area contributed by atoms with E-state index in [1.165, 1.54) is 4.90 Å². The molecule has 0 saturated carbocycles. The van der Waals surface area contributed by atoms with Crippen molar-refractivity contribution in [3.8, 4) is 0 Å². The van der Waals surface area contributed by atoms with Crippen LogP contribution in [0.25, 0.3) is 0 Å². The minimum atomic E-state index is -1.17. The van der Waals surface area contributed by atoms with Gasteiger partial charge in [-0.25, -0.2) is 4.79 Å². The van der Waals surface area contributed by atoms with Crippen molar-refractivity contribution in [1.82, 2.24) is 15.5 Å². The summed E-state index contributed by atoms with van der Waals surface area (Å²) in [5.41, 5.74) is 2.03. The number of amides is 1. The van der Waals surface area contributed by atoms with Gasteiger partial charge in [-0.3, -0.25) is 15.0 Å². The molecule has 1 aromatic carbocycles. The Labute approximate surface area is 129 Å². The smallest absolute Gasteiger partial charge is 0.327 e. The summed E-state index contributed by atoms with van der Waals surface area (Å²) in [6, 6.07) is 4.30. The first kappa shape index (κ1) is 18.1. The first-order chi connectivity index (χ1) is 10.2. The normalized spacial score (nSPS) is 13.7. The van der Waals surface area contributed by atoms with Gasteiger partial charge in [0.1, 0.15) is 6.04 Å². The van der Waals surface area contributed by atoms with Crippen LogP contribution in [-0.2, 0) is 4.79 Å². The summed E-state index contributed by atoms with van der Waals surface area (Å²) in [5, 5.41) is 23.9. The number of carboxylic acids is 1. The van der Waals surface area contributed by atoms with Gasteiger partial charge in [0.25, 0.3) is 5.91 Å². The summed E-state index contributed by atoms with van der Waals surface area (Å²) in [5.74, 6) is -1.61. The van der Waals surface area contributed by atoms with Crippen molar-refractivity contribution >= 4 is 11.9 Å². The number of hydrogen-bond donors (Lipinski definition) is 4. The Morgan fingerprint density at radius 2 is 1.77 bits per heavy atom. The molecule has 0 fully saturated rings. The van der Waals surface area contributed by atoms with E-state index in [1.54, 1.807) is 40.1 Å². The second kappa shape index (κ2) is 7.88. The van der Waals surface area contributed by atoms with Crippen LogP contribution in [0.15, 0.2) is 18.2 Å². The molecule has 7 nitrogen and oxygen atoms in total. The zero-order chi connectivity index (χ0) is 16.9. The second-order valence-corrected chi connectivity index (χ2v) is 5.38. The van der Waals surface area contributed by atoms with Crippen molar-refractivity contribution < 1.29 is 19.8 Å². The Morgan fingerprint density at radius 3 is 2.23 bits per heavy atom. The number of carboxylic acid groups (broad SMARTS) is 1. The molecule has 0 aliphatic carbocycles. The third-order valence-corrected chi connectivity index (χ3v) is 3.31. The van der Waals surface area contributed by atoms with Gasteiger partial charge < -0.3 is 15.5 Å². The highest BCUT2D eigenvalue weighted by Gasteiger charge is 2.23. The summed E-state index contributed by atoms with van der Waals surface area (Å²) in [6.07, 6.45) is -0.987. The number of benzene rings is 1. The van der Waals surface area contributed by atoms with Crippen LogP contribution in [-0.4, -0.2) is 60.0 Å². The fourth-order valence-corrected chi connectivity index (χ4v) is 2.01. The van der Waals surface area contributed by atoms with Gasteiger partial charge in [0.2, 0.25) is 0 Å². The third-order valence-electron chi connectivity index (χ3n) is 3.31. The molecule has 4 N–H and O–H groups in total. The van der Waals surface area contributed by atoms with E-state index in [0.29, 0.717) is 5.56 Å². The molecule has 22 heavy (non-hydrogen) atoms. The molecule has 0 heterocycles. The van der Waals surface area contributed by atoms with Crippen molar-refractivity contribution in [3.63, 3.8) is 0 Å². The number of aryl methyl sites for hydroxylation is 2. The molecular weight excluding hydrogens is 286 g/mol. The van der Waals surface area contributed by atoms with Crippen LogP contribution in [0.2, 0.25) is 0 Å². The van der Waals surface area contributed by atoms with Gasteiger partial charge in [-0.05, 0) is 39.1 Å². The monoisotopic (exact) mass is 309 g/mol. The third kappa shape index (κ3) is 4.80. The lowest BCUT2D eigenvalue weighted by Crippen LogP contribution is -2.52. The first-order valence-electron chi connectivity index (χ1n) is 6.91. The van der Waals surface area contributed by atoms with Crippen LogP contribution in [0.3, 0.4) is 0 Å². The van der Waals surface area contributed by atoms with E-state index in [1.807, 2.05) is 6.07 Å². The lowest BCUT2D eigenvalue weighted by Gasteiger charge is -2.22. The minimum Gasteiger partial charge on any atom is -0.480 e. The molecule has 0 spiro atoms. The van der Waals surface area contributed by atoms with Crippen LogP contribution in [0.5, 0.6) is 0 Å². The number of carbonyl (C=O) groups excluding carboxylic acids is 1. The van der Waals surface area contributed by atoms with E-state index in [0.717, 1.165) is 11.1 Å². The lowest BCUT2D eigenvalue weighted by atomic mass is 10.0. The number of rotatable bonds is 7. The predicted molar refractivity (Wildman–Crippen MR) is 82.5 cm³/mol. The Hall–Kier alpha value is -1.96. The van der Waals surface area contributed by atoms with Crippen LogP contribution in [0, 0.1) is 13.8 Å². The molecule has 122 valence electrons. The summed E-state index contributed by atoms with van der Waals surface area (Å²) >= 11 is 0. The second-order valence-electron chi connectivity index (χ2n) is 5.38. The number of nitrogens with zero attached hydrogens (tertiary/aromatic N) is 1. The molecule has 7 heteroatoms. The predicted octanol–water partition coefficient (Wildman–Crippen LogP) is -0.0865. The lowest BCUT2D eigenvalue weighted by molar-refractivity contribution is -0.139. The molecule has 2 unspecified atom stereocenters. The maximum Gasteiger partial charge on any atom is 0.327 e. The standard InChI is InChI=1S/C15H23N3O4/c1-9-6-5-7-10(2)12(9)13(19)17-11(14(20)21)8-16-15(22)18(3)4/h5-7,11,15-16,22H,8H2,1-4H3,(H,17,19)(H,20,21). The highest BCUT2D eigenvalue weighted by molar-refractivity contribution is 5.99. The number of aliphatic carboxylic acids is 1. The van der Waals surface area contributed by atoms with Gasteiger partial charge in [0, 0.05) is 12.1 Å². The summed E-state index contributed by atoms with van der Waals surface area (Å²) in [6.45, 7) is 3.50. The Kier molecular flexibility index (Phi) is 6.48. The maximum absolute atomic E-state index is 12.3. The quantitative estimate of drug-likeness (QED) is 0.525. The zero-order valence-electron chi connectivity index (χ0n) is 13.3. The fourth-order valence-electron chi connectivity index (χ4n) is 2.01. The zero-order valence-corrected chi connectivity index (χ0v) is 13.3. The van der Waals surface area contributed by atoms with Gasteiger partial charge in [-0.2, -0.15) is 0 Å². The van der Waals surface area contributed by atoms with Crippen LogP contribution in [0.1, 0.15) is 21.5 Å². The molecule has 1 rings (SSSR count). The largest absolute Gasteiger partial charge is 0.480 e. The summed E-state index contributed by atoms with van der Waals surface area (Å²) in [4.78, 5) is 25.1. The molecule has 1 aromatic rings. The van der Waals surface area contributed by atoms with Crippen LogP contribution < -0.4 is 10.6 Å². The molecule has 0 aliphatic heterocycles. The topological polar surface area (TPSA) is 102 Å². The van der Waals surface area contributed by atoms with Crippen molar-refractivity contribution in [1.29, 1.82) is 0 Å². The molecule has 0 aromatic heterocycles. The Balaban J connectivity index is 2.79. The van der Waals surface area contributed by atoms with Gasteiger partial charge in [-0.1, -0.05) is 18.2 Å². The minimum absolute atomic E-state index is 0.0919. The molecule has 2 atom stereocenters. The molecule has 0 radical (unpaired) electrons. The Morgan fingerprint density at radius 1 is 1.23 bits per heavy atom. The number of aliphatic hydroxyl groups excluding tert-OH is 1. The molecule has 1 amide bonds. The average molecular weight is 309 g/mol. The Bertz CT molecular complexity index is 525. The fraction of sp³-hybridized carbons (Fsp3) is 0.467. The van der Waals surface area contributed by atoms with Gasteiger partial charge in [-0.15, -0.1) is 0 Å². The highest BCUT2D eigenvalue weighted by atomic mass is 16.4. The van der Waals surface area contributed by atoms with Gasteiger partial charge in [0.05, 0.1) is 0 Å². The van der Waals surface area contributed by atoms with E-state index in [2.05, 4.69) is 10.6 Å². The first-order valence-corrected chi connectivity index (χ1v) is 6.91. The molecule has 0 bridgehead atoms. The molecule has 0 aliphatic rings. The van der Waals surface area contributed by atoms with Gasteiger partial charge >= 0.3 is 5.97 Å². The van der Waals surface area contributed by atoms with Crippen molar-refractivity contribution in [2.24, 2.45) is 0 Å². The van der Waals surface area contributed by atoms with Crippen molar-refractivity contribution in [3.05, 3.63) is 34.9 Å². The van der Waals surface area contributed by atoms with E-state index in [9.17, 15) is 19.8 Å². The SMILES string of the molecule is Cc1cccc(C)c1C(=O)NC(CNC(O)N(C)C)C(=O)O. The van der Waals surface area contributed by atoms with Crippen molar-refractivity contribution in [2.75, 3.05) is 20.6 Å². The highest BCUT2D eigenvalue weighted by Crippen LogP contribution is 2.13. The number of carbonyl (C=O) groups is 2. The van der Waals surface area contributed by atoms with Crippen molar-refractivity contribution in [2.45, 2.75) is 26.2 Å². The number of hydrogen-bond acceptors (Lipinski definition) is 5. The van der Waals surface area contributed by atoms with Crippen LogP contribution in [0.4, 0.5) is 0 Å². The van der Waals surface area contributed by atoms with Gasteiger partial charge in [0.15, 0.2) is 6.35 Å². The number of nitrogens with one attached hydrogen (secondary N) is 2. The average Bonchev–Trinajstić information content (AvgIpc) is 2.42. The van der Waals surface area contributed by atoms with E-state index < -0.39 is 24.3 Å².